The second-order valence-electron chi connectivity index (χ2n) is 6.63. The van der Waals surface area contributed by atoms with Crippen LogP contribution >= 0.6 is 0 Å². The van der Waals surface area contributed by atoms with Crippen molar-refractivity contribution in [1.29, 1.82) is 0 Å². The summed E-state index contributed by atoms with van der Waals surface area (Å²) in [6.07, 6.45) is 0.378. The van der Waals surface area contributed by atoms with E-state index >= 15 is 0 Å². The fraction of sp³-hybridized carbons (Fsp3) is 0.368. The summed E-state index contributed by atoms with van der Waals surface area (Å²) >= 11 is 0. The fourth-order valence-electron chi connectivity index (χ4n) is 3.61. The van der Waals surface area contributed by atoms with Crippen LogP contribution in [-0.4, -0.2) is 37.1 Å². The SMILES string of the molecule is Cc1nc2ccccc2c(C)c1CC(=O)N1CCn2c(C)nnc2C1. The van der Waals surface area contributed by atoms with Crippen molar-refractivity contribution in [3.05, 3.63) is 52.7 Å². The van der Waals surface area contributed by atoms with Crippen LogP contribution in [0.4, 0.5) is 0 Å². The third-order valence-electron chi connectivity index (χ3n) is 5.10. The Labute approximate surface area is 146 Å². The molecular formula is C19H21N5O. The highest BCUT2D eigenvalue weighted by molar-refractivity contribution is 5.86. The Morgan fingerprint density at radius 1 is 1.12 bits per heavy atom. The summed E-state index contributed by atoms with van der Waals surface area (Å²) in [4.78, 5) is 19.4. The van der Waals surface area contributed by atoms with Crippen LogP contribution in [0.3, 0.4) is 0 Å². The number of amides is 1. The van der Waals surface area contributed by atoms with E-state index in [0.29, 0.717) is 19.5 Å². The highest BCUT2D eigenvalue weighted by atomic mass is 16.2. The first-order valence-electron chi connectivity index (χ1n) is 8.56. The van der Waals surface area contributed by atoms with Gasteiger partial charge in [-0.15, -0.1) is 10.2 Å². The number of rotatable bonds is 2. The van der Waals surface area contributed by atoms with Gasteiger partial charge < -0.3 is 9.47 Å². The molecular weight excluding hydrogens is 314 g/mol. The Hall–Kier alpha value is -2.76. The van der Waals surface area contributed by atoms with E-state index in [2.05, 4.69) is 32.7 Å². The van der Waals surface area contributed by atoms with Gasteiger partial charge in [0, 0.05) is 24.2 Å². The van der Waals surface area contributed by atoms with Crippen molar-refractivity contribution in [2.24, 2.45) is 0 Å². The predicted octanol–water partition coefficient (Wildman–Crippen LogP) is 2.34. The molecule has 1 aromatic carbocycles. The number of aromatic nitrogens is 4. The quantitative estimate of drug-likeness (QED) is 0.721. The Morgan fingerprint density at radius 3 is 2.76 bits per heavy atom. The minimum atomic E-state index is 0.121. The van der Waals surface area contributed by atoms with Gasteiger partial charge in [-0.05, 0) is 38.0 Å². The number of aryl methyl sites for hydroxylation is 3. The van der Waals surface area contributed by atoms with Gasteiger partial charge in [0.1, 0.15) is 5.82 Å². The van der Waals surface area contributed by atoms with Crippen LogP contribution < -0.4 is 0 Å². The normalized spacial score (nSPS) is 14.0. The van der Waals surface area contributed by atoms with Gasteiger partial charge in [0.05, 0.1) is 18.5 Å². The van der Waals surface area contributed by atoms with E-state index in [-0.39, 0.29) is 5.91 Å². The number of para-hydroxylation sites is 1. The summed E-state index contributed by atoms with van der Waals surface area (Å²) in [5.74, 6) is 1.89. The lowest BCUT2D eigenvalue weighted by atomic mass is 9.99. The van der Waals surface area contributed by atoms with Gasteiger partial charge in [-0.2, -0.15) is 0 Å². The van der Waals surface area contributed by atoms with E-state index in [1.165, 1.54) is 0 Å². The highest BCUT2D eigenvalue weighted by Crippen LogP contribution is 2.24. The third-order valence-corrected chi connectivity index (χ3v) is 5.10. The Kier molecular flexibility index (Phi) is 3.75. The molecule has 6 heteroatoms. The zero-order valence-electron chi connectivity index (χ0n) is 14.8. The molecule has 3 heterocycles. The van der Waals surface area contributed by atoms with Crippen LogP contribution in [0.15, 0.2) is 24.3 Å². The molecule has 1 aliphatic rings. The predicted molar refractivity (Wildman–Crippen MR) is 95.1 cm³/mol. The third kappa shape index (κ3) is 2.67. The molecule has 6 nitrogen and oxygen atoms in total. The maximum Gasteiger partial charge on any atom is 0.227 e. The minimum Gasteiger partial charge on any atom is -0.333 e. The van der Waals surface area contributed by atoms with Crippen molar-refractivity contribution >= 4 is 16.8 Å². The molecule has 25 heavy (non-hydrogen) atoms. The summed E-state index contributed by atoms with van der Waals surface area (Å²) in [6.45, 7) is 7.99. The van der Waals surface area contributed by atoms with Gasteiger partial charge in [-0.1, -0.05) is 18.2 Å². The first kappa shape index (κ1) is 15.7. The van der Waals surface area contributed by atoms with E-state index in [4.69, 9.17) is 0 Å². The van der Waals surface area contributed by atoms with E-state index in [1.807, 2.05) is 36.9 Å². The lowest BCUT2D eigenvalue weighted by molar-refractivity contribution is -0.132. The Morgan fingerprint density at radius 2 is 1.92 bits per heavy atom. The van der Waals surface area contributed by atoms with Gasteiger partial charge in [-0.25, -0.2) is 0 Å². The maximum atomic E-state index is 12.9. The average molecular weight is 335 g/mol. The van der Waals surface area contributed by atoms with Gasteiger partial charge in [0.25, 0.3) is 0 Å². The van der Waals surface area contributed by atoms with E-state index in [1.54, 1.807) is 0 Å². The topological polar surface area (TPSA) is 63.9 Å². The maximum absolute atomic E-state index is 12.9. The lowest BCUT2D eigenvalue weighted by Crippen LogP contribution is -2.39. The first-order valence-corrected chi connectivity index (χ1v) is 8.56. The van der Waals surface area contributed by atoms with E-state index in [9.17, 15) is 4.79 Å². The molecule has 0 atom stereocenters. The summed E-state index contributed by atoms with van der Waals surface area (Å²) in [5.41, 5.74) is 4.09. The van der Waals surface area contributed by atoms with Crippen LogP contribution in [0.25, 0.3) is 10.9 Å². The molecule has 0 saturated carbocycles. The van der Waals surface area contributed by atoms with Crippen molar-refractivity contribution in [2.45, 2.75) is 40.3 Å². The molecule has 0 fully saturated rings. The van der Waals surface area contributed by atoms with Crippen LogP contribution in [0.1, 0.15) is 28.5 Å². The number of carbonyl (C=O) groups excluding carboxylic acids is 1. The number of pyridine rings is 1. The van der Waals surface area contributed by atoms with Gasteiger partial charge in [0.15, 0.2) is 5.82 Å². The summed E-state index contributed by atoms with van der Waals surface area (Å²) in [5, 5.41) is 9.40. The first-order chi connectivity index (χ1) is 12.0. The summed E-state index contributed by atoms with van der Waals surface area (Å²) in [6, 6.07) is 8.08. The number of hydrogen-bond donors (Lipinski definition) is 0. The minimum absolute atomic E-state index is 0.121. The molecule has 0 unspecified atom stereocenters. The Balaban J connectivity index is 1.60. The standard InChI is InChI=1S/C19H21N5O/c1-12-15-6-4-5-7-17(15)20-13(2)16(12)10-19(25)23-8-9-24-14(3)21-22-18(24)11-23/h4-7H,8-11H2,1-3H3. The van der Waals surface area contributed by atoms with Gasteiger partial charge >= 0.3 is 0 Å². The van der Waals surface area contributed by atoms with Crippen molar-refractivity contribution in [3.8, 4) is 0 Å². The van der Waals surface area contributed by atoms with Crippen molar-refractivity contribution in [3.63, 3.8) is 0 Å². The Bertz CT molecular complexity index is 975. The van der Waals surface area contributed by atoms with Crippen molar-refractivity contribution in [2.75, 3.05) is 6.54 Å². The zero-order chi connectivity index (χ0) is 17.6. The molecule has 0 radical (unpaired) electrons. The molecule has 0 saturated heterocycles. The van der Waals surface area contributed by atoms with E-state index in [0.717, 1.165) is 45.9 Å². The monoisotopic (exact) mass is 335 g/mol. The second kappa shape index (κ2) is 5.95. The van der Waals surface area contributed by atoms with Crippen molar-refractivity contribution < 1.29 is 4.79 Å². The molecule has 1 amide bonds. The van der Waals surface area contributed by atoms with E-state index < -0.39 is 0 Å². The van der Waals surface area contributed by atoms with Gasteiger partial charge in [-0.3, -0.25) is 9.78 Å². The van der Waals surface area contributed by atoms with Crippen LogP contribution in [0.5, 0.6) is 0 Å². The van der Waals surface area contributed by atoms with Gasteiger partial charge in [0.2, 0.25) is 5.91 Å². The molecule has 3 aromatic rings. The fourth-order valence-corrected chi connectivity index (χ4v) is 3.61. The highest BCUT2D eigenvalue weighted by Gasteiger charge is 2.24. The largest absolute Gasteiger partial charge is 0.333 e. The second-order valence-corrected chi connectivity index (χ2v) is 6.63. The zero-order valence-corrected chi connectivity index (χ0v) is 14.8. The molecule has 0 N–H and O–H groups in total. The number of fused-ring (bicyclic) bond motifs is 2. The number of benzene rings is 1. The molecule has 2 aromatic heterocycles. The molecule has 0 spiro atoms. The average Bonchev–Trinajstić information content (AvgIpc) is 2.99. The number of hydrogen-bond acceptors (Lipinski definition) is 4. The molecule has 0 aliphatic carbocycles. The van der Waals surface area contributed by atoms with Crippen molar-refractivity contribution in [1.82, 2.24) is 24.6 Å². The molecule has 128 valence electrons. The molecule has 1 aliphatic heterocycles. The molecule has 0 bridgehead atoms. The van der Waals surface area contributed by atoms with Crippen LogP contribution in [0.2, 0.25) is 0 Å². The van der Waals surface area contributed by atoms with Crippen LogP contribution in [0, 0.1) is 20.8 Å². The molecule has 4 rings (SSSR count). The lowest BCUT2D eigenvalue weighted by Gasteiger charge is -2.28. The summed E-state index contributed by atoms with van der Waals surface area (Å²) < 4.78 is 2.08. The number of nitrogens with zero attached hydrogens (tertiary/aromatic N) is 5. The summed E-state index contributed by atoms with van der Waals surface area (Å²) in [7, 11) is 0. The smallest absolute Gasteiger partial charge is 0.227 e. The van der Waals surface area contributed by atoms with Crippen LogP contribution in [-0.2, 0) is 24.3 Å². The number of carbonyl (C=O) groups is 1.